The van der Waals surface area contributed by atoms with E-state index in [0.29, 0.717) is 12.5 Å². The second kappa shape index (κ2) is 7.49. The molecule has 3 aromatic rings. The summed E-state index contributed by atoms with van der Waals surface area (Å²) in [7, 11) is 4.11. The van der Waals surface area contributed by atoms with Crippen molar-refractivity contribution < 1.29 is 4.79 Å². The number of aromatic nitrogens is 1. The van der Waals surface area contributed by atoms with Crippen LogP contribution in [-0.2, 0) is 13.1 Å². The fraction of sp³-hybridized carbons (Fsp3) is 0.304. The van der Waals surface area contributed by atoms with Gasteiger partial charge in [0.1, 0.15) is 0 Å². The molecule has 1 aromatic heterocycles. The molecule has 0 bridgehead atoms. The molecule has 1 heterocycles. The van der Waals surface area contributed by atoms with Crippen molar-refractivity contribution >= 4 is 16.8 Å². The second-order valence-corrected chi connectivity index (χ2v) is 7.58. The third-order valence-electron chi connectivity index (χ3n) is 5.02. The lowest BCUT2D eigenvalue weighted by molar-refractivity contribution is 0.0952. The maximum atomic E-state index is 13.0. The number of carbonyl (C=O) groups is 1. The van der Waals surface area contributed by atoms with Gasteiger partial charge in [0.05, 0.1) is 11.1 Å². The van der Waals surface area contributed by atoms with Crippen LogP contribution in [-0.4, -0.2) is 29.9 Å². The first-order valence-corrected chi connectivity index (χ1v) is 9.51. The molecule has 0 spiro atoms. The lowest BCUT2D eigenvalue weighted by Gasteiger charge is -2.15. The third-order valence-corrected chi connectivity index (χ3v) is 5.02. The van der Waals surface area contributed by atoms with Crippen molar-refractivity contribution in [3.63, 3.8) is 0 Å². The molecule has 0 radical (unpaired) electrons. The third kappa shape index (κ3) is 4.01. The molecule has 1 aliphatic carbocycles. The van der Waals surface area contributed by atoms with Gasteiger partial charge in [-0.3, -0.25) is 9.78 Å². The number of carbonyl (C=O) groups excluding carboxylic acids is 1. The van der Waals surface area contributed by atoms with Gasteiger partial charge < -0.3 is 10.2 Å². The lowest BCUT2D eigenvalue weighted by atomic mass is 10.0. The predicted octanol–water partition coefficient (Wildman–Crippen LogP) is 4.10. The Bertz CT molecular complexity index is 976. The maximum Gasteiger partial charge on any atom is 0.252 e. The van der Waals surface area contributed by atoms with Crippen molar-refractivity contribution in [1.82, 2.24) is 15.2 Å². The maximum absolute atomic E-state index is 13.0. The summed E-state index contributed by atoms with van der Waals surface area (Å²) in [6.07, 6.45) is 2.34. The SMILES string of the molecule is CN(C)Cc1ccccc1CNC(=O)c1cc(C2CC2)nc2ccccc12. The van der Waals surface area contributed by atoms with E-state index in [4.69, 9.17) is 4.98 Å². The predicted molar refractivity (Wildman–Crippen MR) is 109 cm³/mol. The van der Waals surface area contributed by atoms with Crippen LogP contribution in [0.3, 0.4) is 0 Å². The number of nitrogens with zero attached hydrogens (tertiary/aromatic N) is 2. The zero-order chi connectivity index (χ0) is 18.8. The topological polar surface area (TPSA) is 45.2 Å². The van der Waals surface area contributed by atoms with Gasteiger partial charge in [-0.1, -0.05) is 42.5 Å². The molecule has 2 aromatic carbocycles. The highest BCUT2D eigenvalue weighted by molar-refractivity contribution is 6.06. The van der Waals surface area contributed by atoms with E-state index in [-0.39, 0.29) is 5.91 Å². The first kappa shape index (κ1) is 17.7. The minimum Gasteiger partial charge on any atom is -0.348 e. The Morgan fingerprint density at radius 2 is 1.78 bits per heavy atom. The van der Waals surface area contributed by atoms with Crippen molar-refractivity contribution in [1.29, 1.82) is 0 Å². The zero-order valence-corrected chi connectivity index (χ0v) is 15.9. The van der Waals surface area contributed by atoms with Crippen molar-refractivity contribution in [2.75, 3.05) is 14.1 Å². The van der Waals surface area contributed by atoms with Crippen LogP contribution in [0.4, 0.5) is 0 Å². The van der Waals surface area contributed by atoms with E-state index < -0.39 is 0 Å². The normalized spacial score (nSPS) is 13.9. The summed E-state index contributed by atoms with van der Waals surface area (Å²) in [6, 6.07) is 18.2. The quantitative estimate of drug-likeness (QED) is 0.721. The number of para-hydroxylation sites is 1. The van der Waals surface area contributed by atoms with Crippen LogP contribution < -0.4 is 5.32 Å². The van der Waals surface area contributed by atoms with Gasteiger partial charge in [0.25, 0.3) is 5.91 Å². The molecule has 1 N–H and O–H groups in total. The Kier molecular flexibility index (Phi) is 4.90. The minimum atomic E-state index is -0.0323. The molecule has 4 rings (SSSR count). The molecule has 1 aliphatic rings. The summed E-state index contributed by atoms with van der Waals surface area (Å²) in [5, 5.41) is 4.04. The summed E-state index contributed by atoms with van der Waals surface area (Å²) in [5.74, 6) is 0.483. The van der Waals surface area contributed by atoms with Gasteiger partial charge in [-0.2, -0.15) is 0 Å². The number of hydrogen-bond donors (Lipinski definition) is 1. The Morgan fingerprint density at radius 1 is 1.07 bits per heavy atom. The van der Waals surface area contributed by atoms with E-state index >= 15 is 0 Å². The minimum absolute atomic E-state index is 0.0323. The molecule has 4 heteroatoms. The standard InChI is InChI=1S/C23H25N3O/c1-26(2)15-18-8-4-3-7-17(18)14-24-23(27)20-13-22(16-11-12-16)25-21-10-6-5-9-19(20)21/h3-10,13,16H,11-12,14-15H2,1-2H3,(H,24,27). The summed E-state index contributed by atoms with van der Waals surface area (Å²) < 4.78 is 0. The fourth-order valence-corrected chi connectivity index (χ4v) is 3.47. The Morgan fingerprint density at radius 3 is 2.52 bits per heavy atom. The second-order valence-electron chi connectivity index (χ2n) is 7.58. The van der Waals surface area contributed by atoms with Gasteiger partial charge in [0.2, 0.25) is 0 Å². The number of fused-ring (bicyclic) bond motifs is 1. The largest absolute Gasteiger partial charge is 0.348 e. The molecule has 27 heavy (non-hydrogen) atoms. The molecule has 138 valence electrons. The van der Waals surface area contributed by atoms with E-state index in [1.54, 1.807) is 0 Å². The van der Waals surface area contributed by atoms with Crippen LogP contribution in [0, 0.1) is 0 Å². The monoisotopic (exact) mass is 359 g/mol. The molecule has 0 aliphatic heterocycles. The smallest absolute Gasteiger partial charge is 0.252 e. The average Bonchev–Trinajstić information content (AvgIpc) is 3.51. The lowest BCUT2D eigenvalue weighted by Crippen LogP contribution is -2.24. The number of rotatable bonds is 6. The molecule has 1 saturated carbocycles. The van der Waals surface area contributed by atoms with Crippen LogP contribution in [0.1, 0.15) is 45.9 Å². The Hall–Kier alpha value is -2.72. The number of nitrogens with one attached hydrogen (secondary N) is 1. The highest BCUT2D eigenvalue weighted by atomic mass is 16.1. The van der Waals surface area contributed by atoms with Crippen LogP contribution in [0.25, 0.3) is 10.9 Å². The van der Waals surface area contributed by atoms with Crippen molar-refractivity contribution in [2.45, 2.75) is 31.8 Å². The molecular formula is C23H25N3O. The Labute approximate surface area is 160 Å². The van der Waals surface area contributed by atoms with Gasteiger partial charge >= 0.3 is 0 Å². The molecular weight excluding hydrogens is 334 g/mol. The number of hydrogen-bond acceptors (Lipinski definition) is 3. The molecule has 0 saturated heterocycles. The summed E-state index contributed by atoms with van der Waals surface area (Å²) in [5.41, 5.74) is 5.07. The van der Waals surface area contributed by atoms with Crippen molar-refractivity contribution in [2.24, 2.45) is 0 Å². The number of pyridine rings is 1. The van der Waals surface area contributed by atoms with E-state index in [2.05, 4.69) is 36.4 Å². The number of amides is 1. The zero-order valence-electron chi connectivity index (χ0n) is 15.9. The van der Waals surface area contributed by atoms with E-state index in [9.17, 15) is 4.79 Å². The highest BCUT2D eigenvalue weighted by Crippen LogP contribution is 2.40. The highest BCUT2D eigenvalue weighted by Gasteiger charge is 2.26. The van der Waals surface area contributed by atoms with E-state index in [0.717, 1.165) is 34.3 Å². The van der Waals surface area contributed by atoms with E-state index in [1.807, 2.05) is 42.5 Å². The Balaban J connectivity index is 1.59. The molecule has 1 amide bonds. The summed E-state index contributed by atoms with van der Waals surface area (Å²) in [6.45, 7) is 1.38. The average molecular weight is 359 g/mol. The van der Waals surface area contributed by atoms with Crippen molar-refractivity contribution in [3.05, 3.63) is 77.0 Å². The summed E-state index contributed by atoms with van der Waals surface area (Å²) >= 11 is 0. The van der Waals surface area contributed by atoms with Gasteiger partial charge in [-0.25, -0.2) is 0 Å². The van der Waals surface area contributed by atoms with Gasteiger partial charge in [-0.15, -0.1) is 0 Å². The molecule has 0 atom stereocenters. The molecule has 4 nitrogen and oxygen atoms in total. The summed E-state index contributed by atoms with van der Waals surface area (Å²) in [4.78, 5) is 19.9. The van der Waals surface area contributed by atoms with Crippen LogP contribution >= 0.6 is 0 Å². The van der Waals surface area contributed by atoms with Gasteiger partial charge in [0, 0.05) is 30.1 Å². The van der Waals surface area contributed by atoms with Gasteiger partial charge in [0.15, 0.2) is 0 Å². The first-order chi connectivity index (χ1) is 13.1. The van der Waals surface area contributed by atoms with Gasteiger partial charge in [-0.05, 0) is 50.2 Å². The van der Waals surface area contributed by atoms with Crippen molar-refractivity contribution in [3.8, 4) is 0 Å². The van der Waals surface area contributed by atoms with Crippen LogP contribution in [0.15, 0.2) is 54.6 Å². The molecule has 0 unspecified atom stereocenters. The fourth-order valence-electron chi connectivity index (χ4n) is 3.47. The molecule has 1 fully saturated rings. The van der Waals surface area contributed by atoms with Crippen LogP contribution in [0.5, 0.6) is 0 Å². The first-order valence-electron chi connectivity index (χ1n) is 9.51. The van der Waals surface area contributed by atoms with E-state index in [1.165, 1.54) is 18.4 Å². The number of benzene rings is 2. The van der Waals surface area contributed by atoms with Crippen LogP contribution in [0.2, 0.25) is 0 Å².